The summed E-state index contributed by atoms with van der Waals surface area (Å²) in [6.07, 6.45) is 0. The molecule has 0 aliphatic rings. The molecule has 5 aromatic carbocycles. The van der Waals surface area contributed by atoms with Crippen LogP contribution >= 0.6 is 0 Å². The number of hydrogen-bond donors (Lipinski definition) is 0. The summed E-state index contributed by atoms with van der Waals surface area (Å²) in [5.41, 5.74) is 0. The molecule has 4 heteroatoms. The van der Waals surface area contributed by atoms with Crippen molar-refractivity contribution in [3.05, 3.63) is 82.7 Å². The van der Waals surface area contributed by atoms with Gasteiger partial charge in [0.25, 0.3) is 0 Å². The molecule has 0 fully saturated rings. The number of hydrogen-bond acceptors (Lipinski definition) is 0. The molecule has 158 valence electrons. The van der Waals surface area contributed by atoms with E-state index in [1.165, 1.54) is 62.4 Å². The minimum atomic E-state index is 0.383. The first-order valence-corrected chi connectivity index (χ1v) is 18.3. The van der Waals surface area contributed by atoms with Crippen LogP contribution in [0.4, 0.5) is 0 Å². The Bertz CT molecular complexity index is 2120. The fourth-order valence-corrected chi connectivity index (χ4v) is 13.7. The van der Waals surface area contributed by atoms with Crippen LogP contribution in [0, 0.1) is 0 Å². The van der Waals surface area contributed by atoms with E-state index in [9.17, 15) is 0 Å². The van der Waals surface area contributed by atoms with Gasteiger partial charge in [-0.2, -0.15) is 0 Å². The van der Waals surface area contributed by atoms with Gasteiger partial charge in [0, 0.05) is 0 Å². The molecule has 0 nitrogen and oxygen atoms in total. The molecule has 0 amide bonds. The van der Waals surface area contributed by atoms with Crippen LogP contribution in [0.5, 0.6) is 0 Å². The molecule has 0 spiro atoms. The molecule has 0 saturated carbocycles. The van der Waals surface area contributed by atoms with Crippen LogP contribution in [0.3, 0.4) is 0 Å². The zero-order valence-electron chi connectivity index (χ0n) is 17.7. The van der Waals surface area contributed by atoms with Crippen molar-refractivity contribution >= 4 is 137 Å². The first-order valence-electron chi connectivity index (χ1n) is 11.2. The molecule has 0 radical (unpaired) electrons. The monoisotopic (exact) mass is 694 g/mol. The molecule has 9 rings (SSSR count). The van der Waals surface area contributed by atoms with Crippen molar-refractivity contribution < 1.29 is 0 Å². The van der Waals surface area contributed by atoms with E-state index in [0.717, 1.165) is 0 Å². The summed E-state index contributed by atoms with van der Waals surface area (Å²) in [6, 6.07) is 29.4. The predicted molar refractivity (Wildman–Crippen MR) is 154 cm³/mol. The Kier molecular flexibility index (Phi) is 3.93. The zero-order chi connectivity index (χ0) is 22.0. The maximum absolute atomic E-state index is 2.56. The predicted octanol–water partition coefficient (Wildman–Crippen LogP) is 7.14. The van der Waals surface area contributed by atoms with Gasteiger partial charge >= 0.3 is 220 Å². The Morgan fingerprint density at radius 2 is 0.706 bits per heavy atom. The van der Waals surface area contributed by atoms with Crippen LogP contribution in [-0.4, -0.2) is 58.0 Å². The Morgan fingerprint density at radius 3 is 1.21 bits per heavy atom. The first kappa shape index (κ1) is 19.4. The van der Waals surface area contributed by atoms with E-state index in [1.807, 2.05) is 0 Å². The second-order valence-electron chi connectivity index (χ2n) is 9.06. The molecule has 0 aliphatic heterocycles. The van der Waals surface area contributed by atoms with Crippen molar-refractivity contribution in [1.29, 1.82) is 0 Å². The van der Waals surface area contributed by atoms with Gasteiger partial charge in [0.15, 0.2) is 0 Å². The fourth-order valence-electron chi connectivity index (χ4n) is 5.45. The Labute approximate surface area is 218 Å². The quantitative estimate of drug-likeness (QED) is 0.149. The third-order valence-corrected chi connectivity index (χ3v) is 15.5. The Balaban J connectivity index is 1.36. The molecule has 0 N–H and O–H groups in total. The summed E-state index contributed by atoms with van der Waals surface area (Å²) < 4.78 is 9.32. The van der Waals surface area contributed by atoms with Crippen LogP contribution in [0.15, 0.2) is 82.7 Å². The van der Waals surface area contributed by atoms with Crippen LogP contribution in [-0.2, 0) is 0 Å². The van der Waals surface area contributed by atoms with Gasteiger partial charge < -0.3 is 0 Å². The number of benzene rings is 5. The van der Waals surface area contributed by atoms with Gasteiger partial charge in [-0.1, -0.05) is 0 Å². The van der Waals surface area contributed by atoms with E-state index < -0.39 is 0 Å². The number of rotatable bonds is 0. The summed E-state index contributed by atoms with van der Waals surface area (Å²) in [4.78, 5) is 4.70. The normalized spacial score (nSPS) is 12.7. The van der Waals surface area contributed by atoms with E-state index in [4.69, 9.17) is 0 Å². The molecule has 0 bridgehead atoms. The van der Waals surface area contributed by atoms with Crippen molar-refractivity contribution in [2.45, 2.75) is 0 Å². The average Bonchev–Trinajstić information content (AvgIpc) is 3.61. The molecule has 0 unspecified atom stereocenters. The summed E-state index contributed by atoms with van der Waals surface area (Å²) in [6.45, 7) is 0. The Hall–Kier alpha value is -1.82. The van der Waals surface area contributed by atoms with Gasteiger partial charge in [0.05, 0.1) is 0 Å². The molecular weight excluding hydrogens is 676 g/mol. The molecule has 0 atom stereocenters. The third-order valence-electron chi connectivity index (χ3n) is 7.12. The summed E-state index contributed by atoms with van der Waals surface area (Å²) in [5.74, 6) is 0. The van der Waals surface area contributed by atoms with Crippen LogP contribution in [0.2, 0.25) is 0 Å². The van der Waals surface area contributed by atoms with Gasteiger partial charge in [-0.25, -0.2) is 0 Å². The fraction of sp³-hybridized carbons (Fsp3) is 0. The van der Waals surface area contributed by atoms with Gasteiger partial charge in [-0.05, 0) is 0 Å². The maximum atomic E-state index is 2.56. The van der Waals surface area contributed by atoms with E-state index in [0.29, 0.717) is 58.0 Å². The van der Waals surface area contributed by atoms with Crippen molar-refractivity contribution in [2.75, 3.05) is 0 Å². The van der Waals surface area contributed by atoms with Crippen molar-refractivity contribution in [2.24, 2.45) is 0 Å². The minimum absolute atomic E-state index is 0.383. The van der Waals surface area contributed by atoms with Gasteiger partial charge in [0.2, 0.25) is 0 Å². The zero-order valence-corrected chi connectivity index (χ0v) is 24.6. The van der Waals surface area contributed by atoms with Crippen molar-refractivity contribution in [3.63, 3.8) is 0 Å². The topological polar surface area (TPSA) is 0 Å². The van der Waals surface area contributed by atoms with E-state index in [-0.39, 0.29) is 0 Å². The summed E-state index contributed by atoms with van der Waals surface area (Å²) in [7, 11) is 0. The van der Waals surface area contributed by atoms with E-state index in [2.05, 4.69) is 82.7 Å². The van der Waals surface area contributed by atoms with E-state index >= 15 is 0 Å². The van der Waals surface area contributed by atoms with Gasteiger partial charge in [-0.15, -0.1) is 0 Å². The molecule has 0 aliphatic carbocycles. The van der Waals surface area contributed by atoms with Crippen molar-refractivity contribution in [3.8, 4) is 0 Å². The van der Waals surface area contributed by atoms with Crippen LogP contribution in [0.25, 0.3) is 79.4 Å². The molecule has 9 aromatic rings. The number of fused-ring (bicyclic) bond motifs is 10. The first-order chi connectivity index (χ1) is 16.8. The summed E-state index contributed by atoms with van der Waals surface area (Å²) >= 11 is 1.77. The van der Waals surface area contributed by atoms with Gasteiger partial charge in [0.1, 0.15) is 0 Å². The molecule has 0 saturated heterocycles. The Morgan fingerprint density at radius 1 is 0.324 bits per heavy atom. The van der Waals surface area contributed by atoms with E-state index in [1.54, 1.807) is 17.0 Å². The SMILES string of the molecule is c1cc2cc3cc4[se]c5cc6c(cc5c4cc3cc2[se]1)[se]c1cc2cc3cc[se]c3cc2cc16. The summed E-state index contributed by atoms with van der Waals surface area (Å²) in [5, 5.41) is 14.5. The molecule has 34 heavy (non-hydrogen) atoms. The third kappa shape index (κ3) is 2.67. The molecular formula is C30H14Se4. The average molecular weight is 690 g/mol. The second-order valence-corrected chi connectivity index (χ2v) is 17.6. The standard InChI is InChI=1S/C30H14Se4/c1-3-31-25-9-19-7-21-23-13-30-24(14-29(23)33-27(21)11-17(19)5-15(1)25)22-8-20-10-26-16(2-4-32-26)6-18(20)12-28(22)34-30/h1-14H. The molecule has 4 heterocycles. The second kappa shape index (κ2) is 6.89. The van der Waals surface area contributed by atoms with Crippen LogP contribution < -0.4 is 0 Å². The molecule has 4 aromatic heterocycles. The van der Waals surface area contributed by atoms with Crippen LogP contribution in [0.1, 0.15) is 0 Å². The van der Waals surface area contributed by atoms with Crippen molar-refractivity contribution in [1.82, 2.24) is 0 Å². The van der Waals surface area contributed by atoms with Gasteiger partial charge in [-0.3, -0.25) is 0 Å².